The van der Waals surface area contributed by atoms with Crippen LogP contribution >= 0.6 is 0 Å². The Bertz CT molecular complexity index is 654. The van der Waals surface area contributed by atoms with Gasteiger partial charge in [0.2, 0.25) is 0 Å². The van der Waals surface area contributed by atoms with E-state index in [-0.39, 0.29) is 0 Å². The molecule has 0 saturated carbocycles. The number of carbonyl (C=O) groups is 1. The van der Waals surface area contributed by atoms with E-state index in [1.807, 2.05) is 30.3 Å². The topological polar surface area (TPSA) is 37.3 Å². The number of hydrogen-bond donors (Lipinski definition) is 1. The summed E-state index contributed by atoms with van der Waals surface area (Å²) in [6.45, 7) is 7.45. The average molecular weight is 252 g/mol. The second-order valence-electron chi connectivity index (χ2n) is 4.45. The Labute approximate surface area is 112 Å². The Balaban J connectivity index is 2.78. The van der Waals surface area contributed by atoms with E-state index in [0.29, 0.717) is 12.0 Å². The van der Waals surface area contributed by atoms with Crippen molar-refractivity contribution in [2.75, 3.05) is 0 Å². The predicted molar refractivity (Wildman–Crippen MR) is 78.7 cm³/mol. The summed E-state index contributed by atoms with van der Waals surface area (Å²) in [4.78, 5) is 11.4. The Kier molecular flexibility index (Phi) is 3.81. The van der Waals surface area contributed by atoms with Gasteiger partial charge in [0.1, 0.15) is 0 Å². The number of fused-ring (bicyclic) bond motifs is 1. The van der Waals surface area contributed by atoms with E-state index in [9.17, 15) is 9.90 Å². The molecule has 2 nitrogen and oxygen atoms in total. The molecule has 2 aromatic carbocycles. The van der Waals surface area contributed by atoms with Crippen LogP contribution in [0.4, 0.5) is 0 Å². The predicted octanol–water partition coefficient (Wildman–Crippen LogP) is 4.00. The lowest BCUT2D eigenvalue weighted by atomic mass is 9.95. The van der Waals surface area contributed by atoms with Crippen LogP contribution < -0.4 is 0 Å². The number of carboxylic acid groups (broad SMARTS) is 1. The first-order chi connectivity index (χ1) is 9.17. The molecular formula is C17H16O2. The van der Waals surface area contributed by atoms with Gasteiger partial charge in [0.15, 0.2) is 0 Å². The zero-order valence-corrected chi connectivity index (χ0v) is 10.7. The van der Waals surface area contributed by atoms with Crippen LogP contribution in [0.3, 0.4) is 0 Å². The van der Waals surface area contributed by atoms with E-state index in [2.05, 4.69) is 13.2 Å². The summed E-state index contributed by atoms with van der Waals surface area (Å²) in [6, 6.07) is 9.52. The molecule has 0 bridgehead atoms. The van der Waals surface area contributed by atoms with Crippen molar-refractivity contribution in [1.29, 1.82) is 0 Å². The van der Waals surface area contributed by atoms with E-state index < -0.39 is 5.97 Å². The van der Waals surface area contributed by atoms with E-state index in [1.165, 1.54) is 0 Å². The van der Waals surface area contributed by atoms with Crippen molar-refractivity contribution in [3.8, 4) is 0 Å². The van der Waals surface area contributed by atoms with Crippen LogP contribution in [-0.2, 0) is 12.8 Å². The minimum atomic E-state index is -0.897. The lowest BCUT2D eigenvalue weighted by molar-refractivity contribution is 0.0699. The molecule has 0 aliphatic rings. The third-order valence-electron chi connectivity index (χ3n) is 3.12. The Morgan fingerprint density at radius 3 is 2.47 bits per heavy atom. The molecule has 2 aromatic rings. The Morgan fingerprint density at radius 2 is 1.84 bits per heavy atom. The van der Waals surface area contributed by atoms with Crippen LogP contribution in [0.25, 0.3) is 10.8 Å². The van der Waals surface area contributed by atoms with Crippen molar-refractivity contribution < 1.29 is 9.90 Å². The van der Waals surface area contributed by atoms with Gasteiger partial charge < -0.3 is 5.11 Å². The van der Waals surface area contributed by atoms with Gasteiger partial charge in [-0.2, -0.15) is 0 Å². The third-order valence-corrected chi connectivity index (χ3v) is 3.12. The summed E-state index contributed by atoms with van der Waals surface area (Å²) >= 11 is 0. The monoisotopic (exact) mass is 252 g/mol. The first kappa shape index (κ1) is 13.1. The number of benzene rings is 2. The maximum atomic E-state index is 11.4. The van der Waals surface area contributed by atoms with Gasteiger partial charge in [0, 0.05) is 0 Å². The summed E-state index contributed by atoms with van der Waals surface area (Å²) in [7, 11) is 0. The number of hydrogen-bond acceptors (Lipinski definition) is 1. The fourth-order valence-electron chi connectivity index (χ4n) is 2.30. The third kappa shape index (κ3) is 2.58. The standard InChI is InChI=1S/C17H16O2/c1-3-6-12-10-15-13(7-4-2)8-5-9-14(15)16(11-12)17(18)19/h3-5,8-11H,1-2,6-7H2,(H,18,19). The molecule has 0 fully saturated rings. The van der Waals surface area contributed by atoms with E-state index in [0.717, 1.165) is 28.3 Å². The van der Waals surface area contributed by atoms with Crippen LogP contribution in [0, 0.1) is 0 Å². The largest absolute Gasteiger partial charge is 0.478 e. The van der Waals surface area contributed by atoms with Crippen molar-refractivity contribution in [3.63, 3.8) is 0 Å². The quantitative estimate of drug-likeness (QED) is 0.817. The molecule has 2 heteroatoms. The highest BCUT2D eigenvalue weighted by atomic mass is 16.4. The van der Waals surface area contributed by atoms with Crippen molar-refractivity contribution in [3.05, 3.63) is 72.3 Å². The molecule has 0 radical (unpaired) electrons. The van der Waals surface area contributed by atoms with Gasteiger partial charge in [0.25, 0.3) is 0 Å². The number of aromatic carboxylic acids is 1. The van der Waals surface area contributed by atoms with Gasteiger partial charge in [-0.3, -0.25) is 0 Å². The molecule has 0 saturated heterocycles. The highest BCUT2D eigenvalue weighted by Crippen LogP contribution is 2.25. The molecule has 0 heterocycles. The number of carboxylic acids is 1. The molecule has 0 aliphatic heterocycles. The van der Waals surface area contributed by atoms with Gasteiger partial charge >= 0.3 is 5.97 Å². The summed E-state index contributed by atoms with van der Waals surface area (Å²) in [5.74, 6) is -0.897. The van der Waals surface area contributed by atoms with E-state index in [1.54, 1.807) is 12.1 Å². The summed E-state index contributed by atoms with van der Waals surface area (Å²) in [5, 5.41) is 11.1. The molecule has 0 amide bonds. The van der Waals surface area contributed by atoms with Gasteiger partial charge in [-0.25, -0.2) is 4.79 Å². The zero-order valence-electron chi connectivity index (χ0n) is 10.7. The molecule has 0 spiro atoms. The molecule has 0 aromatic heterocycles. The fourth-order valence-corrected chi connectivity index (χ4v) is 2.30. The Morgan fingerprint density at radius 1 is 1.11 bits per heavy atom. The first-order valence-corrected chi connectivity index (χ1v) is 6.17. The van der Waals surface area contributed by atoms with Crippen molar-refractivity contribution >= 4 is 16.7 Å². The van der Waals surface area contributed by atoms with Crippen LogP contribution in [0.2, 0.25) is 0 Å². The zero-order chi connectivity index (χ0) is 13.8. The summed E-state index contributed by atoms with van der Waals surface area (Å²) in [5.41, 5.74) is 2.41. The lowest BCUT2D eigenvalue weighted by Crippen LogP contribution is -2.00. The molecule has 0 unspecified atom stereocenters. The van der Waals surface area contributed by atoms with Gasteiger partial charge in [-0.15, -0.1) is 13.2 Å². The van der Waals surface area contributed by atoms with Crippen LogP contribution in [0.1, 0.15) is 21.5 Å². The van der Waals surface area contributed by atoms with Crippen molar-refractivity contribution in [2.45, 2.75) is 12.8 Å². The normalized spacial score (nSPS) is 10.3. The van der Waals surface area contributed by atoms with Crippen LogP contribution in [-0.4, -0.2) is 11.1 Å². The van der Waals surface area contributed by atoms with E-state index >= 15 is 0 Å². The maximum Gasteiger partial charge on any atom is 0.336 e. The van der Waals surface area contributed by atoms with E-state index in [4.69, 9.17) is 0 Å². The number of allylic oxidation sites excluding steroid dienone is 2. The van der Waals surface area contributed by atoms with Gasteiger partial charge in [0.05, 0.1) is 5.56 Å². The second-order valence-corrected chi connectivity index (χ2v) is 4.45. The molecular weight excluding hydrogens is 236 g/mol. The molecule has 0 atom stereocenters. The Hall–Kier alpha value is -2.35. The highest BCUT2D eigenvalue weighted by Gasteiger charge is 2.11. The van der Waals surface area contributed by atoms with Crippen LogP contribution in [0.5, 0.6) is 0 Å². The first-order valence-electron chi connectivity index (χ1n) is 6.17. The van der Waals surface area contributed by atoms with Crippen LogP contribution in [0.15, 0.2) is 55.6 Å². The van der Waals surface area contributed by atoms with Gasteiger partial charge in [-0.05, 0) is 40.8 Å². The van der Waals surface area contributed by atoms with Crippen molar-refractivity contribution in [2.24, 2.45) is 0 Å². The summed E-state index contributed by atoms with van der Waals surface area (Å²) < 4.78 is 0. The molecule has 2 rings (SSSR count). The minimum Gasteiger partial charge on any atom is -0.478 e. The maximum absolute atomic E-state index is 11.4. The fraction of sp³-hybridized carbons (Fsp3) is 0.118. The average Bonchev–Trinajstić information content (AvgIpc) is 2.39. The highest BCUT2D eigenvalue weighted by molar-refractivity contribution is 6.05. The molecule has 19 heavy (non-hydrogen) atoms. The second kappa shape index (κ2) is 5.53. The number of rotatable bonds is 5. The molecule has 1 N–H and O–H groups in total. The van der Waals surface area contributed by atoms with Gasteiger partial charge in [-0.1, -0.05) is 36.4 Å². The summed E-state index contributed by atoms with van der Waals surface area (Å²) in [6.07, 6.45) is 5.00. The smallest absolute Gasteiger partial charge is 0.336 e. The minimum absolute atomic E-state index is 0.347. The molecule has 96 valence electrons. The lowest BCUT2D eigenvalue weighted by Gasteiger charge is -2.10. The SMILES string of the molecule is C=CCc1cc(C(=O)O)c2cccc(CC=C)c2c1. The van der Waals surface area contributed by atoms with Crippen molar-refractivity contribution in [1.82, 2.24) is 0 Å². The molecule has 0 aliphatic carbocycles.